The van der Waals surface area contributed by atoms with Crippen molar-refractivity contribution in [2.24, 2.45) is 0 Å². The Bertz CT molecular complexity index is 460. The highest BCUT2D eigenvalue weighted by atomic mass is 15.1. The van der Waals surface area contributed by atoms with E-state index in [9.17, 15) is 0 Å². The molecule has 0 aliphatic carbocycles. The van der Waals surface area contributed by atoms with Crippen LogP contribution in [0.5, 0.6) is 0 Å². The van der Waals surface area contributed by atoms with Crippen LogP contribution in [0.3, 0.4) is 0 Å². The third-order valence-corrected chi connectivity index (χ3v) is 3.23. The summed E-state index contributed by atoms with van der Waals surface area (Å²) < 4.78 is 0. The zero-order chi connectivity index (χ0) is 12.8. The van der Waals surface area contributed by atoms with Crippen LogP contribution in [0, 0.1) is 5.41 Å². The summed E-state index contributed by atoms with van der Waals surface area (Å²) in [5, 5.41) is 7.53. The van der Waals surface area contributed by atoms with Gasteiger partial charge < -0.3 is 10.3 Å². The van der Waals surface area contributed by atoms with Crippen LogP contribution in [-0.2, 0) is 6.42 Å². The number of allylic oxidation sites excluding steroid dienone is 2. The first-order valence-electron chi connectivity index (χ1n) is 6.58. The molecule has 0 bridgehead atoms. The molecule has 2 heteroatoms. The summed E-state index contributed by atoms with van der Waals surface area (Å²) in [6.07, 6.45) is 13.1. The smallest absolute Gasteiger partial charge is 0.0867 e. The van der Waals surface area contributed by atoms with Gasteiger partial charge in [-0.05, 0) is 30.5 Å². The van der Waals surface area contributed by atoms with E-state index in [0.29, 0.717) is 0 Å². The fourth-order valence-electron chi connectivity index (χ4n) is 2.23. The number of nitrogens with zero attached hydrogens (tertiary/aromatic N) is 1. The fraction of sp³-hybridized carbons (Fsp3) is 0.312. The Morgan fingerprint density at radius 2 is 2.11 bits per heavy atom. The molecule has 0 spiro atoms. The minimum Gasteiger partial charge on any atom is -0.336 e. The first kappa shape index (κ1) is 12.6. The Kier molecular flexibility index (Phi) is 4.35. The van der Waals surface area contributed by atoms with Gasteiger partial charge in [0.25, 0.3) is 0 Å². The molecule has 1 heterocycles. The zero-order valence-electron chi connectivity index (χ0n) is 10.8. The molecule has 94 valence electrons. The number of nitrogens with one attached hydrogen (secondary N) is 1. The van der Waals surface area contributed by atoms with Gasteiger partial charge in [0, 0.05) is 18.1 Å². The van der Waals surface area contributed by atoms with E-state index >= 15 is 0 Å². The normalized spacial score (nSPS) is 18.1. The second kappa shape index (κ2) is 6.20. The van der Waals surface area contributed by atoms with E-state index in [4.69, 9.17) is 5.41 Å². The molecule has 1 atom stereocenters. The Balaban J connectivity index is 2.28. The maximum absolute atomic E-state index is 7.53. The zero-order valence-corrected chi connectivity index (χ0v) is 10.8. The fourth-order valence-corrected chi connectivity index (χ4v) is 2.23. The van der Waals surface area contributed by atoms with E-state index in [0.717, 1.165) is 6.42 Å². The molecule has 0 radical (unpaired) electrons. The van der Waals surface area contributed by atoms with E-state index in [1.165, 1.54) is 30.3 Å². The highest BCUT2D eigenvalue weighted by Crippen LogP contribution is 2.25. The van der Waals surface area contributed by atoms with Crippen molar-refractivity contribution in [3.8, 4) is 0 Å². The summed E-state index contributed by atoms with van der Waals surface area (Å²) in [7, 11) is 0. The molecular formula is C16H20N2. The highest BCUT2D eigenvalue weighted by Gasteiger charge is 2.16. The predicted octanol–water partition coefficient (Wildman–Crippen LogP) is 3.94. The molecule has 1 unspecified atom stereocenters. The number of hydrogen-bond acceptors (Lipinski definition) is 2. The molecule has 0 saturated heterocycles. The molecule has 2 rings (SSSR count). The van der Waals surface area contributed by atoms with Crippen LogP contribution in [0.25, 0.3) is 0 Å². The number of benzene rings is 1. The van der Waals surface area contributed by atoms with Gasteiger partial charge in [-0.1, -0.05) is 43.7 Å². The first-order valence-corrected chi connectivity index (χ1v) is 6.58. The summed E-state index contributed by atoms with van der Waals surface area (Å²) >= 11 is 0. The van der Waals surface area contributed by atoms with Crippen molar-refractivity contribution in [2.45, 2.75) is 32.2 Å². The lowest BCUT2D eigenvalue weighted by Crippen LogP contribution is -2.32. The van der Waals surface area contributed by atoms with Gasteiger partial charge in [-0.3, -0.25) is 0 Å². The topological polar surface area (TPSA) is 27.1 Å². The Morgan fingerprint density at radius 3 is 2.89 bits per heavy atom. The lowest BCUT2D eigenvalue weighted by molar-refractivity contribution is 0.791. The van der Waals surface area contributed by atoms with Gasteiger partial charge in [-0.25, -0.2) is 0 Å². The van der Waals surface area contributed by atoms with E-state index in [-0.39, 0.29) is 6.04 Å². The van der Waals surface area contributed by atoms with Crippen molar-refractivity contribution >= 4 is 11.9 Å². The van der Waals surface area contributed by atoms with Crippen LogP contribution < -0.4 is 4.90 Å². The molecule has 1 aliphatic heterocycles. The van der Waals surface area contributed by atoms with Crippen LogP contribution in [0.1, 0.15) is 25.3 Å². The minimum atomic E-state index is 0.0396. The number of anilines is 1. The van der Waals surface area contributed by atoms with E-state index < -0.39 is 0 Å². The molecule has 1 N–H and O–H groups in total. The third-order valence-electron chi connectivity index (χ3n) is 3.23. The summed E-state index contributed by atoms with van der Waals surface area (Å²) in [6, 6.07) is 8.54. The van der Waals surface area contributed by atoms with E-state index in [1.807, 2.05) is 18.2 Å². The summed E-state index contributed by atoms with van der Waals surface area (Å²) in [4.78, 5) is 2.16. The lowest BCUT2D eigenvalue weighted by Gasteiger charge is -2.29. The molecular weight excluding hydrogens is 220 g/mol. The van der Waals surface area contributed by atoms with Gasteiger partial charge in [0.1, 0.15) is 0 Å². The summed E-state index contributed by atoms with van der Waals surface area (Å²) in [5.74, 6) is 0. The van der Waals surface area contributed by atoms with Gasteiger partial charge in [0.15, 0.2) is 0 Å². The Morgan fingerprint density at radius 1 is 1.28 bits per heavy atom. The molecule has 0 amide bonds. The lowest BCUT2D eigenvalue weighted by atomic mass is 10.0. The minimum absolute atomic E-state index is 0.0396. The quantitative estimate of drug-likeness (QED) is 0.775. The molecule has 0 aromatic heterocycles. The monoisotopic (exact) mass is 240 g/mol. The predicted molar refractivity (Wildman–Crippen MR) is 78.4 cm³/mol. The summed E-state index contributed by atoms with van der Waals surface area (Å²) in [5.41, 5.74) is 2.59. The van der Waals surface area contributed by atoms with Gasteiger partial charge in [0.05, 0.1) is 6.04 Å². The second-order valence-corrected chi connectivity index (χ2v) is 4.52. The van der Waals surface area contributed by atoms with Crippen LogP contribution >= 0.6 is 0 Å². The largest absolute Gasteiger partial charge is 0.336 e. The molecule has 1 aromatic carbocycles. The number of aryl methyl sites for hydroxylation is 1. The maximum atomic E-state index is 7.53. The molecule has 0 saturated carbocycles. The Hall–Kier alpha value is -1.83. The number of rotatable bonds is 5. The summed E-state index contributed by atoms with van der Waals surface area (Å²) in [6.45, 7) is 2.21. The molecule has 1 aromatic rings. The first-order chi connectivity index (χ1) is 8.86. The SMILES string of the molecule is CCCCc1ccccc1N1C=CC=CC1C=N. The number of hydrogen-bond donors (Lipinski definition) is 1. The third kappa shape index (κ3) is 2.70. The van der Waals surface area contributed by atoms with E-state index in [2.05, 4.69) is 42.3 Å². The highest BCUT2D eigenvalue weighted by molar-refractivity contribution is 5.74. The van der Waals surface area contributed by atoms with Gasteiger partial charge in [-0.15, -0.1) is 0 Å². The standard InChI is InChI=1S/C16H20N2/c1-2-3-8-14-9-4-5-11-16(14)18-12-7-6-10-15(18)13-17/h4-7,9-13,15,17H,2-3,8H2,1H3. The molecule has 1 aliphatic rings. The van der Waals surface area contributed by atoms with Crippen LogP contribution in [0.4, 0.5) is 5.69 Å². The average Bonchev–Trinajstić information content (AvgIpc) is 2.45. The average molecular weight is 240 g/mol. The van der Waals surface area contributed by atoms with Crippen LogP contribution in [0.2, 0.25) is 0 Å². The molecule has 2 nitrogen and oxygen atoms in total. The van der Waals surface area contributed by atoms with Crippen molar-refractivity contribution in [2.75, 3.05) is 4.90 Å². The van der Waals surface area contributed by atoms with Gasteiger partial charge in [-0.2, -0.15) is 0 Å². The van der Waals surface area contributed by atoms with Crippen LogP contribution in [-0.4, -0.2) is 12.3 Å². The van der Waals surface area contributed by atoms with Crippen molar-refractivity contribution in [1.29, 1.82) is 5.41 Å². The maximum Gasteiger partial charge on any atom is 0.0867 e. The Labute approximate surface area is 109 Å². The number of para-hydroxylation sites is 1. The van der Waals surface area contributed by atoms with Crippen molar-refractivity contribution < 1.29 is 0 Å². The van der Waals surface area contributed by atoms with Crippen molar-refractivity contribution in [1.82, 2.24) is 0 Å². The van der Waals surface area contributed by atoms with E-state index in [1.54, 1.807) is 0 Å². The molecule has 0 fully saturated rings. The second-order valence-electron chi connectivity index (χ2n) is 4.52. The van der Waals surface area contributed by atoms with Gasteiger partial charge in [0.2, 0.25) is 0 Å². The number of unbranched alkanes of at least 4 members (excludes halogenated alkanes) is 1. The van der Waals surface area contributed by atoms with Crippen LogP contribution in [0.15, 0.2) is 48.7 Å². The van der Waals surface area contributed by atoms with Crippen molar-refractivity contribution in [3.05, 3.63) is 54.3 Å². The molecule has 18 heavy (non-hydrogen) atoms. The van der Waals surface area contributed by atoms with Crippen molar-refractivity contribution in [3.63, 3.8) is 0 Å². The van der Waals surface area contributed by atoms with Gasteiger partial charge >= 0.3 is 0 Å².